The third-order valence-electron chi connectivity index (χ3n) is 5.39. The Hall–Kier alpha value is -3.74. The number of benzene rings is 1. The van der Waals surface area contributed by atoms with Crippen LogP contribution in [0.2, 0.25) is 0 Å². The molecule has 0 radical (unpaired) electrons. The van der Waals surface area contributed by atoms with Crippen LogP contribution in [-0.2, 0) is 14.8 Å². The first-order valence-corrected chi connectivity index (χ1v) is 12.2. The number of hydrogen-bond donors (Lipinski definition) is 1. The predicted molar refractivity (Wildman–Crippen MR) is 126 cm³/mol. The van der Waals surface area contributed by atoms with Gasteiger partial charge in [0, 0.05) is 12.7 Å². The highest BCUT2D eigenvalue weighted by molar-refractivity contribution is 7.90. The zero-order valence-electron chi connectivity index (χ0n) is 19.2. The highest BCUT2D eigenvalue weighted by atomic mass is 32.2. The Morgan fingerprint density at radius 3 is 2.54 bits per heavy atom. The van der Waals surface area contributed by atoms with Gasteiger partial charge in [0.25, 0.3) is 10.0 Å². The van der Waals surface area contributed by atoms with Gasteiger partial charge in [-0.25, -0.2) is 26.6 Å². The van der Waals surface area contributed by atoms with E-state index in [2.05, 4.69) is 10.3 Å². The number of carbonyl (C=O) groups is 1. The fourth-order valence-corrected chi connectivity index (χ4v) is 5.13. The smallest absolute Gasteiger partial charge is 0.410 e. The van der Waals surface area contributed by atoms with Gasteiger partial charge in [0.1, 0.15) is 23.7 Å². The molecule has 186 valence electrons. The van der Waals surface area contributed by atoms with Crippen molar-refractivity contribution in [2.45, 2.75) is 43.5 Å². The molecule has 3 heterocycles. The topological polar surface area (TPSA) is 137 Å². The summed E-state index contributed by atoms with van der Waals surface area (Å²) in [6.07, 6.45) is -0.0710. The minimum atomic E-state index is -4.03. The third kappa shape index (κ3) is 4.76. The number of ether oxygens (including phenoxy) is 1. The van der Waals surface area contributed by atoms with E-state index < -0.39 is 44.5 Å². The molecule has 0 aliphatic carbocycles. The number of pyridine rings is 1. The van der Waals surface area contributed by atoms with Gasteiger partial charge in [-0.3, -0.25) is 10.1 Å². The van der Waals surface area contributed by atoms with Crippen LogP contribution >= 0.6 is 0 Å². The standard InChI is InChI=1S/C22H24FN5O6S/c1-22(2,3)34-21(29)26-12-16(23)17(13-26)25-19-15-9-10-27(20(15)24-11-18(19)28(30)31)35(32,33)14-7-5-4-6-8-14/h4-11,16-17H,12-13H2,1-3H3,(H,24,25)/t16-,17-/m1/s1. The van der Waals surface area contributed by atoms with Gasteiger partial charge < -0.3 is 15.0 Å². The summed E-state index contributed by atoms with van der Waals surface area (Å²) in [5.74, 6) is 0. The zero-order valence-corrected chi connectivity index (χ0v) is 20.0. The molecule has 4 rings (SSSR count). The van der Waals surface area contributed by atoms with Crippen LogP contribution in [0.25, 0.3) is 11.0 Å². The molecule has 1 saturated heterocycles. The van der Waals surface area contributed by atoms with Gasteiger partial charge in [0.15, 0.2) is 5.65 Å². The lowest BCUT2D eigenvalue weighted by molar-refractivity contribution is -0.384. The number of nitro groups is 1. The summed E-state index contributed by atoms with van der Waals surface area (Å²) in [4.78, 5) is 28.6. The number of alkyl halides is 1. The van der Waals surface area contributed by atoms with Gasteiger partial charge in [-0.2, -0.15) is 0 Å². The maximum Gasteiger partial charge on any atom is 0.410 e. The number of rotatable bonds is 5. The minimum absolute atomic E-state index is 0.0137. The average molecular weight is 506 g/mol. The monoisotopic (exact) mass is 505 g/mol. The molecule has 1 fully saturated rings. The first-order chi connectivity index (χ1) is 16.4. The van der Waals surface area contributed by atoms with Gasteiger partial charge in [0.05, 0.1) is 27.8 Å². The van der Waals surface area contributed by atoms with Crippen molar-refractivity contribution >= 4 is 38.5 Å². The number of likely N-dealkylation sites (tertiary alicyclic amines) is 1. The number of aromatic nitrogens is 2. The minimum Gasteiger partial charge on any atom is -0.444 e. The van der Waals surface area contributed by atoms with E-state index in [9.17, 15) is 27.7 Å². The highest BCUT2D eigenvalue weighted by Gasteiger charge is 2.39. The van der Waals surface area contributed by atoms with E-state index in [0.29, 0.717) is 0 Å². The zero-order chi connectivity index (χ0) is 25.5. The van der Waals surface area contributed by atoms with Crippen molar-refractivity contribution in [3.63, 3.8) is 0 Å². The molecule has 2 aromatic heterocycles. The quantitative estimate of drug-likeness (QED) is 0.411. The van der Waals surface area contributed by atoms with Crippen LogP contribution < -0.4 is 5.32 Å². The Kier molecular flexibility index (Phi) is 6.13. The van der Waals surface area contributed by atoms with Crippen LogP contribution in [-0.4, -0.2) is 64.2 Å². The van der Waals surface area contributed by atoms with Crippen molar-refractivity contribution in [2.24, 2.45) is 0 Å². The van der Waals surface area contributed by atoms with Crippen LogP contribution in [0.1, 0.15) is 20.8 Å². The molecule has 0 spiro atoms. The SMILES string of the molecule is CC(C)(C)OC(=O)N1C[C@@H](F)[C@H](Nc2c([N+](=O)[O-])cnc3c2ccn3S(=O)(=O)c2ccccc2)C1. The van der Waals surface area contributed by atoms with Crippen LogP contribution in [0.4, 0.5) is 20.6 Å². The van der Waals surface area contributed by atoms with Crippen molar-refractivity contribution in [3.8, 4) is 0 Å². The van der Waals surface area contributed by atoms with E-state index in [4.69, 9.17) is 4.74 Å². The van der Waals surface area contributed by atoms with E-state index in [0.717, 1.165) is 10.2 Å². The van der Waals surface area contributed by atoms with Crippen molar-refractivity contribution in [2.75, 3.05) is 18.4 Å². The fraction of sp³-hybridized carbons (Fsp3) is 0.364. The molecule has 11 nitrogen and oxygen atoms in total. The van der Waals surface area contributed by atoms with Gasteiger partial charge in [-0.05, 0) is 39.0 Å². The molecule has 13 heteroatoms. The van der Waals surface area contributed by atoms with Crippen molar-refractivity contribution in [1.82, 2.24) is 13.9 Å². The number of amides is 1. The molecule has 1 aliphatic heterocycles. The second-order valence-electron chi connectivity index (χ2n) is 9.09. The summed E-state index contributed by atoms with van der Waals surface area (Å²) in [5.41, 5.74) is -1.35. The Labute approximate surface area is 200 Å². The normalized spacial score (nSPS) is 18.6. The summed E-state index contributed by atoms with van der Waals surface area (Å²) in [5, 5.41) is 14.6. The maximum absolute atomic E-state index is 14.9. The molecule has 35 heavy (non-hydrogen) atoms. The van der Waals surface area contributed by atoms with Gasteiger partial charge in [-0.1, -0.05) is 18.2 Å². The summed E-state index contributed by atoms with van der Waals surface area (Å²) < 4.78 is 47.3. The average Bonchev–Trinajstić information content (AvgIpc) is 3.38. The number of anilines is 1. The van der Waals surface area contributed by atoms with Crippen LogP contribution in [0.3, 0.4) is 0 Å². The third-order valence-corrected chi connectivity index (χ3v) is 7.07. The van der Waals surface area contributed by atoms with E-state index in [1.54, 1.807) is 39.0 Å². The molecule has 0 unspecified atom stereocenters. The highest BCUT2D eigenvalue weighted by Crippen LogP contribution is 2.35. The largest absolute Gasteiger partial charge is 0.444 e. The number of carbonyl (C=O) groups excluding carboxylic acids is 1. The molecule has 1 N–H and O–H groups in total. The van der Waals surface area contributed by atoms with Crippen molar-refractivity contribution in [1.29, 1.82) is 0 Å². The molecule has 0 saturated carbocycles. The molecule has 0 bridgehead atoms. The molecule has 2 atom stereocenters. The molecule has 1 amide bonds. The van der Waals surface area contributed by atoms with Crippen LogP contribution in [0, 0.1) is 10.1 Å². The number of halogens is 1. The lowest BCUT2D eigenvalue weighted by Crippen LogP contribution is -2.36. The van der Waals surface area contributed by atoms with Crippen LogP contribution in [0.15, 0.2) is 53.7 Å². The summed E-state index contributed by atoms with van der Waals surface area (Å²) >= 11 is 0. The Morgan fingerprint density at radius 2 is 1.91 bits per heavy atom. The van der Waals surface area contributed by atoms with E-state index in [-0.39, 0.29) is 34.7 Å². The van der Waals surface area contributed by atoms with Crippen molar-refractivity contribution in [3.05, 3.63) is 58.9 Å². The number of hydrogen-bond acceptors (Lipinski definition) is 8. The summed E-state index contributed by atoms with van der Waals surface area (Å²) in [6, 6.07) is 8.04. The molecular weight excluding hydrogens is 481 g/mol. The lowest BCUT2D eigenvalue weighted by Gasteiger charge is -2.24. The number of nitrogens with one attached hydrogen (secondary N) is 1. The van der Waals surface area contributed by atoms with E-state index in [1.807, 2.05) is 0 Å². The van der Waals surface area contributed by atoms with Gasteiger partial charge >= 0.3 is 11.8 Å². The number of fused-ring (bicyclic) bond motifs is 1. The molecule has 3 aromatic rings. The second-order valence-corrected chi connectivity index (χ2v) is 10.9. The van der Waals surface area contributed by atoms with E-state index >= 15 is 0 Å². The van der Waals surface area contributed by atoms with E-state index in [1.165, 1.54) is 29.3 Å². The Bertz CT molecular complexity index is 1390. The number of nitrogens with zero attached hydrogens (tertiary/aromatic N) is 4. The Balaban J connectivity index is 1.70. The second kappa shape index (κ2) is 8.80. The predicted octanol–water partition coefficient (Wildman–Crippen LogP) is 3.55. The molecule has 1 aliphatic rings. The molecular formula is C22H24FN5O6S. The fourth-order valence-electron chi connectivity index (χ4n) is 3.80. The lowest BCUT2D eigenvalue weighted by atomic mass is 10.2. The van der Waals surface area contributed by atoms with Crippen molar-refractivity contribution < 1.29 is 27.3 Å². The summed E-state index contributed by atoms with van der Waals surface area (Å²) in [6.45, 7) is 4.72. The first-order valence-electron chi connectivity index (χ1n) is 10.7. The summed E-state index contributed by atoms with van der Waals surface area (Å²) in [7, 11) is -4.03. The first kappa shape index (κ1) is 24.4. The maximum atomic E-state index is 14.9. The Morgan fingerprint density at radius 1 is 1.23 bits per heavy atom. The molecule has 1 aromatic carbocycles. The van der Waals surface area contributed by atoms with Gasteiger partial charge in [0.2, 0.25) is 0 Å². The van der Waals surface area contributed by atoms with Gasteiger partial charge in [-0.15, -0.1) is 0 Å². The van der Waals surface area contributed by atoms with Crippen LogP contribution in [0.5, 0.6) is 0 Å².